The molecule has 1 fully saturated rings. The lowest BCUT2D eigenvalue weighted by Crippen LogP contribution is -2.42. The Kier molecular flexibility index (Phi) is 7.70. The molecule has 1 aromatic carbocycles. The molecule has 6 nitrogen and oxygen atoms in total. The Labute approximate surface area is 164 Å². The number of alkyl halides is 3. The molecule has 0 aliphatic heterocycles. The van der Waals surface area contributed by atoms with E-state index < -0.39 is 27.8 Å². The maximum Gasteiger partial charge on any atom is 0.416 e. The fourth-order valence-electron chi connectivity index (χ4n) is 2.79. The van der Waals surface area contributed by atoms with Gasteiger partial charge in [-0.05, 0) is 43.4 Å². The van der Waals surface area contributed by atoms with Crippen LogP contribution >= 0.6 is 0 Å². The van der Waals surface area contributed by atoms with Crippen molar-refractivity contribution >= 4 is 16.0 Å². The summed E-state index contributed by atoms with van der Waals surface area (Å²) in [7, 11) is -1.87. The number of benzene rings is 1. The van der Waals surface area contributed by atoms with Gasteiger partial charge in [-0.25, -0.2) is 13.1 Å². The molecule has 1 atom stereocenters. The molecule has 1 aromatic rings. The zero-order chi connectivity index (χ0) is 20.8. The zero-order valence-corrected chi connectivity index (χ0v) is 16.8. The summed E-state index contributed by atoms with van der Waals surface area (Å²) in [6, 6.07) is 4.61. The van der Waals surface area contributed by atoms with Gasteiger partial charge < -0.3 is 10.6 Å². The molecule has 2 rings (SSSR count). The quantitative estimate of drug-likeness (QED) is 0.446. The van der Waals surface area contributed by atoms with Crippen LogP contribution in [0, 0.1) is 5.92 Å². The van der Waals surface area contributed by atoms with Gasteiger partial charge in [0.15, 0.2) is 5.96 Å². The predicted octanol–water partition coefficient (Wildman–Crippen LogP) is 2.65. The second kappa shape index (κ2) is 9.60. The molecule has 1 saturated carbocycles. The first-order valence-electron chi connectivity index (χ1n) is 9.22. The van der Waals surface area contributed by atoms with Crippen LogP contribution in [-0.2, 0) is 16.2 Å². The lowest BCUT2D eigenvalue weighted by atomic mass is 9.86. The van der Waals surface area contributed by atoms with E-state index in [1.54, 1.807) is 13.0 Å². The third kappa shape index (κ3) is 6.97. The topological polar surface area (TPSA) is 82.6 Å². The maximum atomic E-state index is 12.9. The average Bonchev–Trinajstić information content (AvgIpc) is 2.58. The first-order chi connectivity index (χ1) is 13.1. The predicted molar refractivity (Wildman–Crippen MR) is 103 cm³/mol. The Hall–Kier alpha value is -1.81. The zero-order valence-electron chi connectivity index (χ0n) is 16.0. The molecule has 1 aliphatic rings. The molecule has 158 valence electrons. The minimum atomic E-state index is -4.41. The molecule has 0 bridgehead atoms. The molecule has 1 unspecified atom stereocenters. The molecule has 0 radical (unpaired) electrons. The largest absolute Gasteiger partial charge is 0.416 e. The highest BCUT2D eigenvalue weighted by Gasteiger charge is 2.30. The van der Waals surface area contributed by atoms with Crippen LogP contribution in [0.4, 0.5) is 13.2 Å². The maximum absolute atomic E-state index is 12.9. The summed E-state index contributed by atoms with van der Waals surface area (Å²) in [6.45, 7) is 2.32. The van der Waals surface area contributed by atoms with Crippen LogP contribution in [-0.4, -0.2) is 40.3 Å². The molecule has 10 heteroatoms. The number of hydrogen-bond donors (Lipinski definition) is 3. The number of nitrogens with zero attached hydrogens (tertiary/aromatic N) is 1. The van der Waals surface area contributed by atoms with Gasteiger partial charge in [-0.15, -0.1) is 0 Å². The first kappa shape index (κ1) is 22.5. The average molecular weight is 421 g/mol. The number of sulfonamides is 1. The van der Waals surface area contributed by atoms with Crippen LogP contribution < -0.4 is 15.4 Å². The van der Waals surface area contributed by atoms with E-state index in [2.05, 4.69) is 20.3 Å². The van der Waals surface area contributed by atoms with Gasteiger partial charge in [0.05, 0.1) is 17.4 Å². The molecule has 3 N–H and O–H groups in total. The van der Waals surface area contributed by atoms with Gasteiger partial charge in [-0.2, -0.15) is 13.2 Å². The summed E-state index contributed by atoms with van der Waals surface area (Å²) >= 11 is 0. The molecule has 0 heterocycles. The number of aliphatic imine (C=N–C) groups is 1. The SMILES string of the molecule is CN=C(NCCS(=O)(=O)NCC1CCC1)NC(C)c1cccc(C(F)(F)F)c1. The van der Waals surface area contributed by atoms with Crippen LogP contribution in [0.2, 0.25) is 0 Å². The minimum Gasteiger partial charge on any atom is -0.355 e. The molecule has 0 amide bonds. The normalized spacial score (nSPS) is 17.1. The van der Waals surface area contributed by atoms with Crippen LogP contribution in [0.3, 0.4) is 0 Å². The summed E-state index contributed by atoms with van der Waals surface area (Å²) < 4.78 is 65.2. The van der Waals surface area contributed by atoms with Gasteiger partial charge in [-0.3, -0.25) is 4.99 Å². The number of hydrogen-bond acceptors (Lipinski definition) is 3. The Morgan fingerprint density at radius 1 is 1.32 bits per heavy atom. The Bertz CT molecular complexity index is 777. The molecule has 0 spiro atoms. The van der Waals surface area contributed by atoms with Crippen LogP contribution in [0.15, 0.2) is 29.3 Å². The molecule has 28 heavy (non-hydrogen) atoms. The number of nitrogens with one attached hydrogen (secondary N) is 3. The standard InChI is InChI=1S/C18H27F3N4O2S/c1-13(15-7-4-8-16(11-15)18(19,20)21)25-17(22-2)23-9-10-28(26,27)24-12-14-5-3-6-14/h4,7-8,11,13-14,24H,3,5-6,9-10,12H2,1-2H3,(H2,22,23,25). The van der Waals surface area contributed by atoms with Crippen LogP contribution in [0.25, 0.3) is 0 Å². The van der Waals surface area contributed by atoms with Gasteiger partial charge in [0, 0.05) is 20.1 Å². The van der Waals surface area contributed by atoms with E-state index >= 15 is 0 Å². The highest BCUT2D eigenvalue weighted by atomic mass is 32.2. The van der Waals surface area contributed by atoms with Crippen molar-refractivity contribution in [2.45, 2.75) is 38.4 Å². The highest BCUT2D eigenvalue weighted by molar-refractivity contribution is 7.89. The highest BCUT2D eigenvalue weighted by Crippen LogP contribution is 2.30. The molecular weight excluding hydrogens is 393 g/mol. The first-order valence-corrected chi connectivity index (χ1v) is 10.9. The summed E-state index contributed by atoms with van der Waals surface area (Å²) in [6.07, 6.45) is -1.13. The van der Waals surface area contributed by atoms with Gasteiger partial charge in [-0.1, -0.05) is 18.6 Å². The van der Waals surface area contributed by atoms with Gasteiger partial charge >= 0.3 is 6.18 Å². The van der Waals surface area contributed by atoms with E-state index in [1.165, 1.54) is 13.1 Å². The lowest BCUT2D eigenvalue weighted by Gasteiger charge is -2.25. The van der Waals surface area contributed by atoms with Crippen molar-refractivity contribution in [2.75, 3.05) is 25.9 Å². The van der Waals surface area contributed by atoms with Crippen molar-refractivity contribution in [3.63, 3.8) is 0 Å². The smallest absolute Gasteiger partial charge is 0.355 e. The summed E-state index contributed by atoms with van der Waals surface area (Å²) in [4.78, 5) is 4.00. The Morgan fingerprint density at radius 2 is 2.04 bits per heavy atom. The summed E-state index contributed by atoms with van der Waals surface area (Å²) in [5.74, 6) is 0.642. The lowest BCUT2D eigenvalue weighted by molar-refractivity contribution is -0.137. The van der Waals surface area contributed by atoms with Crippen molar-refractivity contribution in [3.8, 4) is 0 Å². The second-order valence-corrected chi connectivity index (χ2v) is 8.88. The Balaban J connectivity index is 1.83. The fourth-order valence-corrected chi connectivity index (χ4v) is 3.79. The van der Waals surface area contributed by atoms with Gasteiger partial charge in [0.25, 0.3) is 0 Å². The van der Waals surface area contributed by atoms with Crippen molar-refractivity contribution in [1.29, 1.82) is 0 Å². The van der Waals surface area contributed by atoms with Crippen LogP contribution in [0.1, 0.15) is 43.4 Å². The van der Waals surface area contributed by atoms with Gasteiger partial charge in [0.1, 0.15) is 0 Å². The van der Waals surface area contributed by atoms with E-state index in [0.717, 1.165) is 31.4 Å². The number of guanidine groups is 1. The minimum absolute atomic E-state index is 0.113. The van der Waals surface area contributed by atoms with Crippen molar-refractivity contribution in [3.05, 3.63) is 35.4 Å². The third-order valence-electron chi connectivity index (χ3n) is 4.77. The second-order valence-electron chi connectivity index (χ2n) is 6.95. The van der Waals surface area contributed by atoms with Crippen molar-refractivity contribution < 1.29 is 21.6 Å². The molecule has 1 aliphatic carbocycles. The summed E-state index contributed by atoms with van der Waals surface area (Å²) in [5.41, 5.74) is -0.266. The van der Waals surface area contributed by atoms with Crippen molar-refractivity contribution in [1.82, 2.24) is 15.4 Å². The molecular formula is C18H27F3N4O2S. The Morgan fingerprint density at radius 3 is 2.61 bits per heavy atom. The van der Waals surface area contributed by atoms with E-state index in [9.17, 15) is 21.6 Å². The van der Waals surface area contributed by atoms with Gasteiger partial charge in [0.2, 0.25) is 10.0 Å². The monoisotopic (exact) mass is 420 g/mol. The fraction of sp³-hybridized carbons (Fsp3) is 0.611. The third-order valence-corrected chi connectivity index (χ3v) is 6.12. The summed E-state index contributed by atoms with van der Waals surface area (Å²) in [5, 5.41) is 5.86. The number of rotatable bonds is 8. The van der Waals surface area contributed by atoms with E-state index in [-0.39, 0.29) is 12.3 Å². The molecule has 0 aromatic heterocycles. The van der Waals surface area contributed by atoms with E-state index in [1.807, 2.05) is 0 Å². The van der Waals surface area contributed by atoms with Crippen molar-refractivity contribution in [2.24, 2.45) is 10.9 Å². The van der Waals surface area contributed by atoms with E-state index in [4.69, 9.17) is 0 Å². The van der Waals surface area contributed by atoms with Crippen LogP contribution in [0.5, 0.6) is 0 Å². The number of halogens is 3. The molecule has 0 saturated heterocycles. The van der Waals surface area contributed by atoms with E-state index in [0.29, 0.717) is 24.0 Å².